The molecule has 0 fully saturated rings. The minimum atomic E-state index is -0.0429. The third-order valence-electron chi connectivity index (χ3n) is 10.4. The van der Waals surface area contributed by atoms with Gasteiger partial charge in [0.05, 0.1) is 11.0 Å². The molecule has 10 rings (SSSR count). The Morgan fingerprint density at radius 2 is 0.796 bits per heavy atom. The second-order valence-corrected chi connectivity index (χ2v) is 14.9. The first kappa shape index (κ1) is 31.9. The topological polar surface area (TPSA) is 48.5 Å². The molecule has 0 amide bonds. The second-order valence-electron chi connectivity index (χ2n) is 14.9. The molecule has 10 aromatic rings. The molecule has 0 aliphatic carbocycles. The smallest absolute Gasteiger partial charge is 0.164 e. The number of rotatable bonds is 5. The van der Waals surface area contributed by atoms with E-state index in [4.69, 9.17) is 15.0 Å². The molecule has 0 aliphatic heterocycles. The summed E-state index contributed by atoms with van der Waals surface area (Å²) in [6.07, 6.45) is 0. The summed E-state index contributed by atoms with van der Waals surface area (Å²) in [5.41, 5.74) is 11.1. The maximum atomic E-state index is 5.01. The number of hydrogen-bond acceptors (Lipinski definition) is 3. The Morgan fingerprint density at radius 1 is 0.352 bits per heavy atom. The van der Waals surface area contributed by atoms with Gasteiger partial charge in [0, 0.05) is 60.5 Å². The van der Waals surface area contributed by atoms with Gasteiger partial charge in [0.2, 0.25) is 0 Å². The molecular formula is C49H37N5. The zero-order valence-electron chi connectivity index (χ0n) is 30.4. The molecule has 0 unspecified atom stereocenters. The SMILES string of the molecule is CC(C)(C)n1c2ccccc2c2cc(-c3ccc4c(c3)c3ccccc3n4-c3cccc(-c4nc(-c5ccccc5)nc(-c5ccccc5)n4)c3)ccc21. The van der Waals surface area contributed by atoms with Gasteiger partial charge < -0.3 is 9.13 Å². The van der Waals surface area contributed by atoms with E-state index in [1.165, 1.54) is 43.7 Å². The van der Waals surface area contributed by atoms with Crippen LogP contribution in [0.25, 0.3) is 94.6 Å². The van der Waals surface area contributed by atoms with Gasteiger partial charge >= 0.3 is 0 Å². The fourth-order valence-electron chi connectivity index (χ4n) is 8.03. The van der Waals surface area contributed by atoms with E-state index < -0.39 is 0 Å². The number of fused-ring (bicyclic) bond motifs is 6. The van der Waals surface area contributed by atoms with Gasteiger partial charge in [-0.3, -0.25) is 0 Å². The molecule has 3 heterocycles. The summed E-state index contributed by atoms with van der Waals surface area (Å²) in [7, 11) is 0. The molecule has 54 heavy (non-hydrogen) atoms. The van der Waals surface area contributed by atoms with Crippen LogP contribution in [-0.4, -0.2) is 24.1 Å². The Hall–Kier alpha value is -6.85. The highest BCUT2D eigenvalue weighted by molar-refractivity contribution is 6.12. The van der Waals surface area contributed by atoms with Crippen molar-refractivity contribution in [2.24, 2.45) is 0 Å². The quantitative estimate of drug-likeness (QED) is 0.180. The fourth-order valence-corrected chi connectivity index (χ4v) is 8.03. The zero-order valence-corrected chi connectivity index (χ0v) is 30.4. The largest absolute Gasteiger partial charge is 0.335 e. The Bertz CT molecular complexity index is 2960. The van der Waals surface area contributed by atoms with Crippen LogP contribution in [0.4, 0.5) is 0 Å². The van der Waals surface area contributed by atoms with Crippen molar-refractivity contribution in [2.45, 2.75) is 26.3 Å². The summed E-state index contributed by atoms with van der Waals surface area (Å²) in [6.45, 7) is 6.83. The van der Waals surface area contributed by atoms with Gasteiger partial charge in [-0.2, -0.15) is 0 Å². The van der Waals surface area contributed by atoms with Gasteiger partial charge in [0.1, 0.15) is 0 Å². The molecule has 0 aliphatic rings. The highest BCUT2D eigenvalue weighted by Crippen LogP contribution is 2.39. The summed E-state index contributed by atoms with van der Waals surface area (Å²) >= 11 is 0. The van der Waals surface area contributed by atoms with Crippen LogP contribution in [0.1, 0.15) is 20.8 Å². The second kappa shape index (κ2) is 12.4. The van der Waals surface area contributed by atoms with E-state index in [9.17, 15) is 0 Å². The van der Waals surface area contributed by atoms with Gasteiger partial charge in [-0.05, 0) is 80.4 Å². The first-order chi connectivity index (χ1) is 26.4. The maximum Gasteiger partial charge on any atom is 0.164 e. The van der Waals surface area contributed by atoms with Crippen LogP contribution in [-0.2, 0) is 5.54 Å². The van der Waals surface area contributed by atoms with E-state index in [2.05, 4.69) is 139 Å². The maximum absolute atomic E-state index is 5.01. The van der Waals surface area contributed by atoms with E-state index in [1.54, 1.807) is 0 Å². The first-order valence-electron chi connectivity index (χ1n) is 18.5. The van der Waals surface area contributed by atoms with Gasteiger partial charge in [-0.25, -0.2) is 15.0 Å². The highest BCUT2D eigenvalue weighted by Gasteiger charge is 2.21. The van der Waals surface area contributed by atoms with Crippen LogP contribution in [0, 0.1) is 0 Å². The molecule has 5 nitrogen and oxygen atoms in total. The van der Waals surface area contributed by atoms with Gasteiger partial charge in [-0.1, -0.05) is 121 Å². The summed E-state index contributed by atoms with van der Waals surface area (Å²) in [4.78, 5) is 14.9. The van der Waals surface area contributed by atoms with Crippen molar-refractivity contribution in [1.29, 1.82) is 0 Å². The van der Waals surface area contributed by atoms with Crippen molar-refractivity contribution >= 4 is 43.6 Å². The van der Waals surface area contributed by atoms with Crippen LogP contribution >= 0.6 is 0 Å². The molecule has 7 aromatic carbocycles. The monoisotopic (exact) mass is 695 g/mol. The average molecular weight is 696 g/mol. The third-order valence-corrected chi connectivity index (χ3v) is 10.4. The molecule has 0 spiro atoms. The number of aromatic nitrogens is 5. The lowest BCUT2D eigenvalue weighted by Gasteiger charge is -2.24. The zero-order chi connectivity index (χ0) is 36.4. The highest BCUT2D eigenvalue weighted by atomic mass is 15.1. The van der Waals surface area contributed by atoms with E-state index in [1.807, 2.05) is 60.7 Å². The minimum absolute atomic E-state index is 0.0429. The van der Waals surface area contributed by atoms with Crippen molar-refractivity contribution in [2.75, 3.05) is 0 Å². The molecule has 0 radical (unpaired) electrons. The number of para-hydroxylation sites is 2. The molecule has 0 saturated heterocycles. The van der Waals surface area contributed by atoms with Crippen LogP contribution in [0.3, 0.4) is 0 Å². The Labute approximate surface area is 313 Å². The summed E-state index contributed by atoms with van der Waals surface area (Å²) < 4.78 is 4.82. The molecule has 0 N–H and O–H groups in total. The summed E-state index contributed by atoms with van der Waals surface area (Å²) in [5.74, 6) is 1.93. The standard InChI is InChI=1S/C49H37N5/c1-49(2,3)54-44-24-13-11-22-39(44)41-31-35(26-28-45(41)54)34-25-27-43-40(30-34)38-21-10-12-23-42(38)53(43)37-20-14-19-36(29-37)48-51-46(32-15-6-4-7-16-32)50-47(52-48)33-17-8-5-9-18-33/h4-31H,1-3H3. The van der Waals surface area contributed by atoms with Crippen LogP contribution in [0.5, 0.6) is 0 Å². The summed E-state index contributed by atoms with van der Waals surface area (Å²) in [6, 6.07) is 60.0. The van der Waals surface area contributed by atoms with Crippen LogP contribution in [0.15, 0.2) is 170 Å². The third kappa shape index (κ3) is 5.28. The van der Waals surface area contributed by atoms with Crippen molar-refractivity contribution in [3.63, 3.8) is 0 Å². The number of nitrogens with zero attached hydrogens (tertiary/aromatic N) is 5. The van der Waals surface area contributed by atoms with Crippen LogP contribution < -0.4 is 0 Å². The summed E-state index contributed by atoms with van der Waals surface area (Å²) in [5, 5.41) is 4.99. The number of hydrogen-bond donors (Lipinski definition) is 0. The molecule has 3 aromatic heterocycles. The molecule has 0 bridgehead atoms. The Morgan fingerprint density at radius 3 is 1.41 bits per heavy atom. The van der Waals surface area contributed by atoms with E-state index in [0.29, 0.717) is 17.5 Å². The van der Waals surface area contributed by atoms with Crippen molar-refractivity contribution in [3.8, 4) is 51.0 Å². The van der Waals surface area contributed by atoms with Crippen molar-refractivity contribution in [3.05, 3.63) is 170 Å². The molecule has 5 heteroatoms. The lowest BCUT2D eigenvalue weighted by molar-refractivity contribution is 0.423. The lowest BCUT2D eigenvalue weighted by atomic mass is 10.0. The predicted molar refractivity (Wildman–Crippen MR) is 224 cm³/mol. The molecule has 258 valence electrons. The van der Waals surface area contributed by atoms with Gasteiger partial charge in [-0.15, -0.1) is 0 Å². The predicted octanol–water partition coefficient (Wildman–Crippen LogP) is 12.5. The molecule has 0 atom stereocenters. The van der Waals surface area contributed by atoms with Crippen LogP contribution in [0.2, 0.25) is 0 Å². The fraction of sp³-hybridized carbons (Fsp3) is 0.0816. The first-order valence-corrected chi connectivity index (χ1v) is 18.5. The lowest BCUT2D eigenvalue weighted by Crippen LogP contribution is -2.21. The number of benzene rings is 7. The van der Waals surface area contributed by atoms with E-state index >= 15 is 0 Å². The van der Waals surface area contributed by atoms with Crippen molar-refractivity contribution < 1.29 is 0 Å². The van der Waals surface area contributed by atoms with E-state index in [-0.39, 0.29) is 5.54 Å². The van der Waals surface area contributed by atoms with Crippen molar-refractivity contribution in [1.82, 2.24) is 24.1 Å². The van der Waals surface area contributed by atoms with E-state index in [0.717, 1.165) is 33.4 Å². The Balaban J connectivity index is 1.12. The average Bonchev–Trinajstić information content (AvgIpc) is 3.74. The molecular weight excluding hydrogens is 659 g/mol. The van der Waals surface area contributed by atoms with Gasteiger partial charge in [0.25, 0.3) is 0 Å². The normalized spacial score (nSPS) is 12.0. The Kier molecular flexibility index (Phi) is 7.31. The van der Waals surface area contributed by atoms with Gasteiger partial charge in [0.15, 0.2) is 17.5 Å². The molecule has 0 saturated carbocycles. The minimum Gasteiger partial charge on any atom is -0.335 e.